The Labute approximate surface area is 149 Å². The number of nitrogens with zero attached hydrogens (tertiary/aromatic N) is 5. The van der Waals surface area contributed by atoms with Gasteiger partial charge in [-0.1, -0.05) is 6.42 Å². The highest BCUT2D eigenvalue weighted by Crippen LogP contribution is 2.36. The highest BCUT2D eigenvalue weighted by Gasteiger charge is 2.32. The van der Waals surface area contributed by atoms with Crippen LogP contribution in [-0.4, -0.2) is 36.2 Å². The molecule has 1 saturated carbocycles. The lowest BCUT2D eigenvalue weighted by molar-refractivity contribution is 0.231. The molecule has 6 heteroatoms. The third-order valence-electron chi connectivity index (χ3n) is 6.47. The van der Waals surface area contributed by atoms with Crippen LogP contribution in [0, 0.1) is 0 Å². The van der Waals surface area contributed by atoms with E-state index in [-0.39, 0.29) is 0 Å². The van der Waals surface area contributed by atoms with Gasteiger partial charge in [0.05, 0.1) is 18.3 Å². The van der Waals surface area contributed by atoms with E-state index in [1.807, 2.05) is 0 Å². The molecular weight excluding hydrogens is 312 g/mol. The van der Waals surface area contributed by atoms with Crippen LogP contribution in [0.15, 0.2) is 0 Å². The van der Waals surface area contributed by atoms with E-state index in [2.05, 4.69) is 31.7 Å². The van der Waals surface area contributed by atoms with Gasteiger partial charge >= 0.3 is 0 Å². The molecule has 3 heterocycles. The first-order chi connectivity index (χ1) is 12.3. The van der Waals surface area contributed by atoms with Crippen molar-refractivity contribution in [2.45, 2.75) is 76.3 Å². The summed E-state index contributed by atoms with van der Waals surface area (Å²) in [6, 6.07) is 0.412. The lowest BCUT2D eigenvalue weighted by Crippen LogP contribution is -2.25. The summed E-state index contributed by atoms with van der Waals surface area (Å²) in [4.78, 5) is 11.2. The van der Waals surface area contributed by atoms with Crippen molar-refractivity contribution < 1.29 is 0 Å². The molecule has 6 nitrogen and oxygen atoms in total. The molecule has 3 aliphatic rings. The molecule has 1 aliphatic heterocycles. The number of aromatic amines is 1. The topological polar surface area (TPSA) is 62.6 Å². The number of hydrogen-bond acceptors (Lipinski definition) is 4. The molecule has 0 spiro atoms. The Morgan fingerprint density at radius 1 is 1.04 bits per heavy atom. The summed E-state index contributed by atoms with van der Waals surface area (Å²) in [5.74, 6) is 4.11. The van der Waals surface area contributed by atoms with Crippen LogP contribution < -0.4 is 0 Å². The number of H-pyrrole nitrogens is 1. The van der Waals surface area contributed by atoms with Gasteiger partial charge in [0.2, 0.25) is 0 Å². The van der Waals surface area contributed by atoms with Crippen LogP contribution in [-0.2, 0) is 26.4 Å². The Kier molecular flexibility index (Phi) is 3.88. The number of likely N-dealkylation sites (tertiary alicyclic amines) is 1. The van der Waals surface area contributed by atoms with Crippen LogP contribution in [0.1, 0.15) is 85.8 Å². The summed E-state index contributed by atoms with van der Waals surface area (Å²) in [6.45, 7) is 2.01. The molecule has 2 aromatic heterocycles. The molecule has 1 saturated heterocycles. The monoisotopic (exact) mass is 340 g/mol. The van der Waals surface area contributed by atoms with Gasteiger partial charge in [0, 0.05) is 18.7 Å². The van der Waals surface area contributed by atoms with Crippen LogP contribution in [0.2, 0.25) is 0 Å². The predicted molar refractivity (Wildman–Crippen MR) is 95.2 cm³/mol. The summed E-state index contributed by atoms with van der Waals surface area (Å²) in [6.07, 6.45) is 11.2. The zero-order valence-corrected chi connectivity index (χ0v) is 15.2. The Morgan fingerprint density at radius 3 is 2.72 bits per heavy atom. The molecule has 1 atom stereocenters. The Morgan fingerprint density at radius 2 is 1.92 bits per heavy atom. The summed E-state index contributed by atoms with van der Waals surface area (Å²) in [7, 11) is 2.14. The first kappa shape index (κ1) is 15.6. The van der Waals surface area contributed by atoms with Crippen molar-refractivity contribution in [3.63, 3.8) is 0 Å². The number of aryl methyl sites for hydroxylation is 2. The number of fused-ring (bicyclic) bond motifs is 1. The van der Waals surface area contributed by atoms with E-state index in [1.165, 1.54) is 74.4 Å². The summed E-state index contributed by atoms with van der Waals surface area (Å²) in [5.41, 5.74) is 2.71. The SMILES string of the molecule is Cn1c(CN2CCC[C@H]2c2nc3c([nH]2)CCCC3)nnc1C1CCC1. The smallest absolute Gasteiger partial charge is 0.146 e. The van der Waals surface area contributed by atoms with Crippen molar-refractivity contribution in [1.29, 1.82) is 0 Å². The van der Waals surface area contributed by atoms with E-state index in [9.17, 15) is 0 Å². The van der Waals surface area contributed by atoms with Crippen LogP contribution in [0.5, 0.6) is 0 Å². The van der Waals surface area contributed by atoms with Gasteiger partial charge in [0.15, 0.2) is 0 Å². The average molecular weight is 340 g/mol. The minimum absolute atomic E-state index is 0.412. The largest absolute Gasteiger partial charge is 0.344 e. The van der Waals surface area contributed by atoms with E-state index in [0.717, 1.165) is 25.3 Å². The van der Waals surface area contributed by atoms with Gasteiger partial charge in [-0.05, 0) is 57.9 Å². The molecule has 0 bridgehead atoms. The molecule has 2 aromatic rings. The van der Waals surface area contributed by atoms with Gasteiger partial charge in [-0.2, -0.15) is 0 Å². The fourth-order valence-electron chi connectivity index (χ4n) is 4.67. The molecule has 134 valence electrons. The van der Waals surface area contributed by atoms with Crippen molar-refractivity contribution in [2.24, 2.45) is 7.05 Å². The highest BCUT2D eigenvalue weighted by atomic mass is 15.3. The number of rotatable bonds is 4. The number of imidazole rings is 1. The standard InChI is InChI=1S/C19H28N6/c1-24-17(22-23-19(24)13-6-4-7-13)12-25-11-5-10-16(25)18-20-14-8-2-3-9-15(14)21-18/h13,16H,2-12H2,1H3,(H,20,21)/t16-/m0/s1. The third kappa shape index (κ3) is 2.71. The third-order valence-corrected chi connectivity index (χ3v) is 6.47. The van der Waals surface area contributed by atoms with E-state index in [0.29, 0.717) is 12.0 Å². The maximum absolute atomic E-state index is 4.96. The molecule has 0 aromatic carbocycles. The van der Waals surface area contributed by atoms with Crippen molar-refractivity contribution in [1.82, 2.24) is 29.6 Å². The first-order valence-corrected chi connectivity index (χ1v) is 9.99. The molecule has 0 radical (unpaired) electrons. The molecular formula is C19H28N6. The lowest BCUT2D eigenvalue weighted by Gasteiger charge is -2.25. The van der Waals surface area contributed by atoms with Crippen LogP contribution in [0.4, 0.5) is 0 Å². The fraction of sp³-hybridized carbons (Fsp3) is 0.737. The van der Waals surface area contributed by atoms with Crippen molar-refractivity contribution in [3.05, 3.63) is 28.9 Å². The molecule has 2 aliphatic carbocycles. The van der Waals surface area contributed by atoms with Crippen molar-refractivity contribution in [3.8, 4) is 0 Å². The summed E-state index contributed by atoms with van der Waals surface area (Å²) < 4.78 is 2.24. The zero-order chi connectivity index (χ0) is 16.8. The minimum Gasteiger partial charge on any atom is -0.344 e. The van der Waals surface area contributed by atoms with Gasteiger partial charge in [0.25, 0.3) is 0 Å². The fourth-order valence-corrected chi connectivity index (χ4v) is 4.67. The summed E-state index contributed by atoms with van der Waals surface area (Å²) >= 11 is 0. The van der Waals surface area contributed by atoms with Crippen molar-refractivity contribution >= 4 is 0 Å². The van der Waals surface area contributed by atoms with Gasteiger partial charge in [-0.25, -0.2) is 4.98 Å². The number of aromatic nitrogens is 5. The van der Waals surface area contributed by atoms with Gasteiger partial charge in [0.1, 0.15) is 17.5 Å². The Bertz CT molecular complexity index is 733. The maximum atomic E-state index is 4.96. The Balaban J connectivity index is 1.35. The van der Waals surface area contributed by atoms with E-state index < -0.39 is 0 Å². The van der Waals surface area contributed by atoms with E-state index in [1.54, 1.807) is 0 Å². The molecule has 0 unspecified atom stereocenters. The van der Waals surface area contributed by atoms with Gasteiger partial charge < -0.3 is 9.55 Å². The quantitative estimate of drug-likeness (QED) is 0.929. The van der Waals surface area contributed by atoms with Crippen LogP contribution in [0.3, 0.4) is 0 Å². The number of hydrogen-bond donors (Lipinski definition) is 1. The second-order valence-electron chi connectivity index (χ2n) is 8.04. The molecule has 2 fully saturated rings. The van der Waals surface area contributed by atoms with Gasteiger partial charge in [-0.15, -0.1) is 10.2 Å². The molecule has 5 rings (SSSR count). The second-order valence-corrected chi connectivity index (χ2v) is 8.04. The lowest BCUT2D eigenvalue weighted by atomic mass is 9.85. The maximum Gasteiger partial charge on any atom is 0.146 e. The molecule has 1 N–H and O–H groups in total. The Hall–Kier alpha value is -1.69. The first-order valence-electron chi connectivity index (χ1n) is 9.99. The van der Waals surface area contributed by atoms with Crippen molar-refractivity contribution in [2.75, 3.05) is 6.54 Å². The molecule has 25 heavy (non-hydrogen) atoms. The highest BCUT2D eigenvalue weighted by molar-refractivity contribution is 5.20. The molecule has 0 amide bonds. The number of nitrogens with one attached hydrogen (secondary N) is 1. The van der Waals surface area contributed by atoms with Crippen LogP contribution >= 0.6 is 0 Å². The van der Waals surface area contributed by atoms with E-state index >= 15 is 0 Å². The van der Waals surface area contributed by atoms with Gasteiger partial charge in [-0.3, -0.25) is 4.90 Å². The van der Waals surface area contributed by atoms with Crippen LogP contribution in [0.25, 0.3) is 0 Å². The second kappa shape index (κ2) is 6.24. The zero-order valence-electron chi connectivity index (χ0n) is 15.2. The predicted octanol–water partition coefficient (Wildman–Crippen LogP) is 3.02. The summed E-state index contributed by atoms with van der Waals surface area (Å²) in [5, 5.41) is 9.01. The average Bonchev–Trinajstić information content (AvgIpc) is 3.27. The van der Waals surface area contributed by atoms with E-state index in [4.69, 9.17) is 4.98 Å². The normalized spacial score (nSPS) is 24.4. The minimum atomic E-state index is 0.412.